The van der Waals surface area contributed by atoms with E-state index in [0.29, 0.717) is 0 Å². The van der Waals surface area contributed by atoms with E-state index in [4.69, 9.17) is 5.73 Å². The molecule has 0 bridgehead atoms. The summed E-state index contributed by atoms with van der Waals surface area (Å²) in [6.07, 6.45) is 1.09. The topological polar surface area (TPSA) is 29.3 Å². The van der Waals surface area contributed by atoms with Crippen LogP contribution in [0.4, 0.5) is 17.1 Å². The van der Waals surface area contributed by atoms with E-state index >= 15 is 0 Å². The van der Waals surface area contributed by atoms with Crippen LogP contribution in [0.25, 0.3) is 0 Å². The van der Waals surface area contributed by atoms with Crippen LogP contribution in [0, 0.1) is 6.07 Å². The Morgan fingerprint density at radius 1 is 1.12 bits per heavy atom. The summed E-state index contributed by atoms with van der Waals surface area (Å²) >= 11 is 0. The van der Waals surface area contributed by atoms with E-state index in [1.165, 1.54) is 16.9 Å². The highest BCUT2D eigenvalue weighted by Gasteiger charge is 2.19. The second-order valence-electron chi connectivity index (χ2n) is 4.04. The summed E-state index contributed by atoms with van der Waals surface area (Å²) in [7, 11) is 0. The molecule has 1 heterocycles. The third kappa shape index (κ3) is 1.43. The molecule has 0 saturated carbocycles. The molecule has 3 rings (SSSR count). The zero-order valence-corrected chi connectivity index (χ0v) is 8.98. The summed E-state index contributed by atoms with van der Waals surface area (Å²) in [5, 5.41) is 0. The standard InChI is InChI=1S/C14H13N2/c15-12-5-7-13(8-6-12)16-10-9-11-3-1-2-4-14(11)16/h1-3,5-8H,9-10,15H2. The highest BCUT2D eigenvalue weighted by atomic mass is 15.2. The smallest absolute Gasteiger partial charge is 0.0524 e. The Bertz CT molecular complexity index is 502. The Balaban J connectivity index is 2.01. The molecule has 0 fully saturated rings. The molecule has 1 aliphatic rings. The molecule has 0 amide bonds. The van der Waals surface area contributed by atoms with Gasteiger partial charge in [-0.25, -0.2) is 0 Å². The quantitative estimate of drug-likeness (QED) is 0.732. The number of rotatable bonds is 1. The molecule has 2 aromatic carbocycles. The molecule has 1 aliphatic heterocycles. The Morgan fingerprint density at radius 3 is 2.75 bits per heavy atom. The molecule has 2 aromatic rings. The average molecular weight is 209 g/mol. The lowest BCUT2D eigenvalue weighted by molar-refractivity contribution is 0.998. The SMILES string of the molecule is Nc1ccc(N2CCc3ccc[c]c32)cc1. The maximum Gasteiger partial charge on any atom is 0.0524 e. The maximum atomic E-state index is 5.69. The minimum atomic E-state index is 0.806. The van der Waals surface area contributed by atoms with Crippen molar-refractivity contribution in [3.05, 3.63) is 54.1 Å². The maximum absolute atomic E-state index is 5.69. The monoisotopic (exact) mass is 209 g/mol. The van der Waals surface area contributed by atoms with Crippen LogP contribution in [0.5, 0.6) is 0 Å². The molecular formula is C14H13N2. The Hall–Kier alpha value is -1.96. The Morgan fingerprint density at radius 2 is 1.94 bits per heavy atom. The van der Waals surface area contributed by atoms with Crippen LogP contribution in [-0.4, -0.2) is 6.54 Å². The Labute approximate surface area is 95.3 Å². The number of hydrogen-bond donors (Lipinski definition) is 1. The lowest BCUT2D eigenvalue weighted by atomic mass is 10.2. The number of benzene rings is 2. The summed E-state index contributed by atoms with van der Waals surface area (Å²) in [5.74, 6) is 0. The lowest BCUT2D eigenvalue weighted by Gasteiger charge is -2.19. The first-order valence-corrected chi connectivity index (χ1v) is 5.47. The van der Waals surface area contributed by atoms with E-state index < -0.39 is 0 Å². The molecule has 0 atom stereocenters. The molecule has 0 aromatic heterocycles. The van der Waals surface area contributed by atoms with Crippen molar-refractivity contribution in [1.29, 1.82) is 0 Å². The van der Waals surface area contributed by atoms with E-state index in [1.807, 2.05) is 24.3 Å². The van der Waals surface area contributed by atoms with Crippen LogP contribution in [-0.2, 0) is 6.42 Å². The number of nitrogens with zero attached hydrogens (tertiary/aromatic N) is 1. The third-order valence-corrected chi connectivity index (χ3v) is 3.00. The third-order valence-electron chi connectivity index (χ3n) is 3.00. The minimum Gasteiger partial charge on any atom is -0.399 e. The van der Waals surface area contributed by atoms with E-state index in [1.54, 1.807) is 0 Å². The second-order valence-corrected chi connectivity index (χ2v) is 4.04. The van der Waals surface area contributed by atoms with Crippen molar-refractivity contribution in [3.8, 4) is 0 Å². The van der Waals surface area contributed by atoms with Crippen molar-refractivity contribution in [2.45, 2.75) is 6.42 Å². The number of para-hydroxylation sites is 1. The van der Waals surface area contributed by atoms with Crippen molar-refractivity contribution in [2.75, 3.05) is 17.2 Å². The van der Waals surface area contributed by atoms with E-state index in [2.05, 4.69) is 29.2 Å². The van der Waals surface area contributed by atoms with E-state index in [0.717, 1.165) is 18.7 Å². The van der Waals surface area contributed by atoms with Gasteiger partial charge in [0.05, 0.1) is 5.69 Å². The molecule has 0 saturated heterocycles. The van der Waals surface area contributed by atoms with Gasteiger partial charge in [-0.15, -0.1) is 0 Å². The van der Waals surface area contributed by atoms with Crippen LogP contribution in [0.3, 0.4) is 0 Å². The van der Waals surface area contributed by atoms with Gasteiger partial charge in [0.2, 0.25) is 0 Å². The van der Waals surface area contributed by atoms with Crippen molar-refractivity contribution in [1.82, 2.24) is 0 Å². The van der Waals surface area contributed by atoms with Gasteiger partial charge in [-0.2, -0.15) is 0 Å². The average Bonchev–Trinajstić information content (AvgIpc) is 2.74. The van der Waals surface area contributed by atoms with Crippen molar-refractivity contribution >= 4 is 17.1 Å². The van der Waals surface area contributed by atoms with Gasteiger partial charge in [0.15, 0.2) is 0 Å². The molecule has 0 unspecified atom stereocenters. The number of anilines is 3. The van der Waals surface area contributed by atoms with Crippen LogP contribution < -0.4 is 10.6 Å². The van der Waals surface area contributed by atoms with Crippen LogP contribution in [0.1, 0.15) is 5.56 Å². The minimum absolute atomic E-state index is 0.806. The van der Waals surface area contributed by atoms with Crippen molar-refractivity contribution in [2.24, 2.45) is 0 Å². The zero-order valence-electron chi connectivity index (χ0n) is 8.98. The molecule has 2 heteroatoms. The largest absolute Gasteiger partial charge is 0.399 e. The first kappa shape index (κ1) is 9.28. The highest BCUT2D eigenvalue weighted by Crippen LogP contribution is 2.33. The molecule has 2 nitrogen and oxygen atoms in total. The van der Waals surface area contributed by atoms with Gasteiger partial charge in [-0.3, -0.25) is 0 Å². The first-order valence-electron chi connectivity index (χ1n) is 5.47. The van der Waals surface area contributed by atoms with Crippen molar-refractivity contribution < 1.29 is 0 Å². The fourth-order valence-corrected chi connectivity index (χ4v) is 2.17. The second kappa shape index (κ2) is 3.56. The lowest BCUT2D eigenvalue weighted by Crippen LogP contribution is -2.13. The predicted molar refractivity (Wildman–Crippen MR) is 66.8 cm³/mol. The van der Waals surface area contributed by atoms with Gasteiger partial charge in [0, 0.05) is 24.0 Å². The first-order chi connectivity index (χ1) is 7.84. The summed E-state index contributed by atoms with van der Waals surface area (Å²) in [5.41, 5.74) is 10.3. The fourth-order valence-electron chi connectivity index (χ4n) is 2.17. The summed E-state index contributed by atoms with van der Waals surface area (Å²) in [4.78, 5) is 2.29. The Kier molecular flexibility index (Phi) is 2.07. The van der Waals surface area contributed by atoms with Crippen LogP contribution in [0.2, 0.25) is 0 Å². The summed E-state index contributed by atoms with van der Waals surface area (Å²) in [6, 6.07) is 17.5. The molecule has 2 N–H and O–H groups in total. The molecule has 0 aliphatic carbocycles. The van der Waals surface area contributed by atoms with Gasteiger partial charge < -0.3 is 10.6 Å². The van der Waals surface area contributed by atoms with Gasteiger partial charge in [-0.1, -0.05) is 18.2 Å². The summed E-state index contributed by atoms with van der Waals surface area (Å²) in [6.45, 7) is 1.03. The van der Waals surface area contributed by atoms with E-state index in [-0.39, 0.29) is 0 Å². The number of fused-ring (bicyclic) bond motifs is 1. The molecule has 16 heavy (non-hydrogen) atoms. The van der Waals surface area contributed by atoms with Crippen LogP contribution in [0.15, 0.2) is 42.5 Å². The normalized spacial score (nSPS) is 13.9. The molecule has 79 valence electrons. The van der Waals surface area contributed by atoms with Gasteiger partial charge in [0.25, 0.3) is 0 Å². The molecular weight excluding hydrogens is 196 g/mol. The van der Waals surface area contributed by atoms with Gasteiger partial charge in [0.1, 0.15) is 0 Å². The number of nitrogens with two attached hydrogens (primary N) is 1. The van der Waals surface area contributed by atoms with E-state index in [9.17, 15) is 0 Å². The molecule has 1 radical (unpaired) electrons. The van der Waals surface area contributed by atoms with Gasteiger partial charge >= 0.3 is 0 Å². The van der Waals surface area contributed by atoms with Gasteiger partial charge in [-0.05, 0) is 36.2 Å². The highest BCUT2D eigenvalue weighted by molar-refractivity contribution is 5.70. The number of nitrogen functional groups attached to an aromatic ring is 1. The van der Waals surface area contributed by atoms with Crippen LogP contribution >= 0.6 is 0 Å². The summed E-state index contributed by atoms with van der Waals surface area (Å²) < 4.78 is 0. The predicted octanol–water partition coefficient (Wildman–Crippen LogP) is 2.76. The molecule has 0 spiro atoms. The number of hydrogen-bond acceptors (Lipinski definition) is 2. The zero-order chi connectivity index (χ0) is 11.0. The fraction of sp³-hybridized carbons (Fsp3) is 0.143. The van der Waals surface area contributed by atoms with Crippen molar-refractivity contribution in [3.63, 3.8) is 0 Å².